The fourth-order valence-corrected chi connectivity index (χ4v) is 7.76. The lowest BCUT2D eigenvalue weighted by atomic mass is 10.1. The van der Waals surface area contributed by atoms with Crippen molar-refractivity contribution in [2.45, 2.75) is 180 Å². The summed E-state index contributed by atoms with van der Waals surface area (Å²) in [6.07, 6.45) is 27.6. The third-order valence-electron chi connectivity index (χ3n) is 9.35. The smallest absolute Gasteiger partial charge is 0.377 e. The monoisotopic (exact) mass is 730 g/mol. The quantitative estimate of drug-likeness (QED) is 0.0325. The minimum absolute atomic E-state index is 0.150. The largest absolute Gasteiger partial charge is 0.500 e. The summed E-state index contributed by atoms with van der Waals surface area (Å²) in [5.74, 6) is -0.221. The number of rotatable bonds is 36. The van der Waals surface area contributed by atoms with E-state index in [9.17, 15) is 14.4 Å². The van der Waals surface area contributed by atoms with Gasteiger partial charge in [0, 0.05) is 53.6 Å². The molecule has 50 heavy (non-hydrogen) atoms. The zero-order chi connectivity index (χ0) is 37.0. The van der Waals surface area contributed by atoms with Crippen LogP contribution in [0.4, 0.5) is 9.59 Å². The molecule has 0 aliphatic rings. The van der Waals surface area contributed by atoms with E-state index in [-0.39, 0.29) is 18.0 Å². The molecule has 0 aliphatic heterocycles. The molecule has 0 aromatic heterocycles. The summed E-state index contributed by atoms with van der Waals surface area (Å²) in [6, 6.07) is -0.569. The van der Waals surface area contributed by atoms with Crippen molar-refractivity contribution in [1.29, 1.82) is 0 Å². The summed E-state index contributed by atoms with van der Waals surface area (Å²) < 4.78 is 16.4. The van der Waals surface area contributed by atoms with Crippen LogP contribution in [-0.2, 0) is 18.1 Å². The first-order valence-corrected chi connectivity index (χ1v) is 22.3. The van der Waals surface area contributed by atoms with Crippen LogP contribution < -0.4 is 26.6 Å². The van der Waals surface area contributed by atoms with Crippen molar-refractivity contribution in [1.82, 2.24) is 26.6 Å². The molecule has 11 nitrogen and oxygen atoms in total. The Hall–Kier alpha value is -1.89. The molecule has 0 spiro atoms. The van der Waals surface area contributed by atoms with Gasteiger partial charge in [-0.05, 0) is 38.5 Å². The molecule has 0 radical (unpaired) electrons. The molecule has 0 saturated carbocycles. The lowest BCUT2D eigenvalue weighted by Gasteiger charge is -2.24. The molecule has 0 aliphatic carbocycles. The predicted octanol–water partition coefficient (Wildman–Crippen LogP) is 8.35. The number of hydrogen-bond donors (Lipinski definition) is 5. The third kappa shape index (κ3) is 28.8. The maximum absolute atomic E-state index is 13.1. The maximum Gasteiger partial charge on any atom is 0.500 e. The van der Waals surface area contributed by atoms with E-state index in [0.29, 0.717) is 57.9 Å². The molecule has 0 aromatic rings. The Morgan fingerprint density at radius 2 is 0.820 bits per heavy atom. The predicted molar refractivity (Wildman–Crippen MR) is 208 cm³/mol. The second kappa shape index (κ2) is 35.5. The lowest BCUT2D eigenvalue weighted by Crippen LogP contribution is -2.50. The minimum Gasteiger partial charge on any atom is -0.377 e. The standard InChI is InChI=1S/C38H79N5O6Si/c1-6-8-10-12-14-16-18-20-22-25-30-40-37(45)41-32-27-24-29-35(36(44)39-33-28-34-50(47-3,48-4)49-5)43-38(46)42-31-26-23-21-19-17-15-13-11-9-7-2/h35H,6-34H2,1-5H3,(H,39,44)(H2,40,41,45)(H2,42,43,46)/t35-/m0/s1. The highest BCUT2D eigenvalue weighted by Crippen LogP contribution is 2.15. The Morgan fingerprint density at radius 3 is 1.24 bits per heavy atom. The Bertz CT molecular complexity index is 797. The second-order valence-electron chi connectivity index (χ2n) is 13.7. The topological polar surface area (TPSA) is 139 Å². The summed E-state index contributed by atoms with van der Waals surface area (Å²) in [6.45, 7) is 6.70. The van der Waals surface area contributed by atoms with E-state index in [0.717, 1.165) is 25.7 Å². The summed E-state index contributed by atoms with van der Waals surface area (Å²) in [5.41, 5.74) is 0. The SMILES string of the molecule is CCCCCCCCCCCCNC(=O)NCCCC[C@H](NC(=O)NCCCCCCCCCCCC)C(=O)NCCC[Si](OC)(OC)OC. The maximum atomic E-state index is 13.1. The molecule has 5 amide bonds. The number of carbonyl (C=O) groups excluding carboxylic acids is 3. The average molecular weight is 730 g/mol. The number of amides is 5. The van der Waals surface area contributed by atoms with Crippen LogP contribution >= 0.6 is 0 Å². The van der Waals surface area contributed by atoms with Gasteiger partial charge < -0.3 is 39.9 Å². The average Bonchev–Trinajstić information content (AvgIpc) is 3.12. The number of carbonyl (C=O) groups is 3. The lowest BCUT2D eigenvalue weighted by molar-refractivity contribution is -0.123. The molecule has 1 atom stereocenters. The molecule has 0 unspecified atom stereocenters. The van der Waals surface area contributed by atoms with Gasteiger partial charge in [-0.1, -0.05) is 129 Å². The van der Waals surface area contributed by atoms with Crippen molar-refractivity contribution in [2.24, 2.45) is 0 Å². The van der Waals surface area contributed by atoms with Crippen molar-refractivity contribution in [3.8, 4) is 0 Å². The van der Waals surface area contributed by atoms with E-state index in [4.69, 9.17) is 13.3 Å². The normalized spacial score (nSPS) is 12.0. The van der Waals surface area contributed by atoms with Gasteiger partial charge in [0.15, 0.2) is 0 Å². The molecular formula is C38H79N5O6Si. The van der Waals surface area contributed by atoms with Crippen LogP contribution in [0, 0.1) is 0 Å². The van der Waals surface area contributed by atoms with Gasteiger partial charge in [0.05, 0.1) is 0 Å². The third-order valence-corrected chi connectivity index (χ3v) is 12.2. The van der Waals surface area contributed by atoms with Gasteiger partial charge in [0.1, 0.15) is 6.04 Å². The zero-order valence-electron chi connectivity index (χ0n) is 33.0. The first-order valence-electron chi connectivity index (χ1n) is 20.4. The zero-order valence-corrected chi connectivity index (χ0v) is 34.0. The van der Waals surface area contributed by atoms with E-state index in [1.54, 1.807) is 21.3 Å². The van der Waals surface area contributed by atoms with Gasteiger partial charge >= 0.3 is 20.9 Å². The van der Waals surface area contributed by atoms with Gasteiger partial charge in [-0.25, -0.2) is 9.59 Å². The van der Waals surface area contributed by atoms with Crippen molar-refractivity contribution < 1.29 is 27.7 Å². The van der Waals surface area contributed by atoms with E-state index in [2.05, 4.69) is 40.4 Å². The Kier molecular flexibility index (Phi) is 34.2. The molecule has 0 aromatic carbocycles. The molecule has 0 fully saturated rings. The van der Waals surface area contributed by atoms with Gasteiger partial charge in [-0.3, -0.25) is 4.79 Å². The Labute approximate surface area is 308 Å². The summed E-state index contributed by atoms with van der Waals surface area (Å²) in [4.78, 5) is 38.0. The van der Waals surface area contributed by atoms with Crippen LogP contribution in [0.5, 0.6) is 0 Å². The van der Waals surface area contributed by atoms with E-state index in [1.807, 2.05) is 0 Å². The molecule has 296 valence electrons. The van der Waals surface area contributed by atoms with Crippen molar-refractivity contribution in [3.05, 3.63) is 0 Å². The van der Waals surface area contributed by atoms with E-state index in [1.165, 1.54) is 103 Å². The summed E-state index contributed by atoms with van der Waals surface area (Å²) in [7, 11) is 2.00. The molecule has 5 N–H and O–H groups in total. The van der Waals surface area contributed by atoms with Crippen LogP contribution in [0.15, 0.2) is 0 Å². The van der Waals surface area contributed by atoms with Gasteiger partial charge in [0.25, 0.3) is 0 Å². The first-order chi connectivity index (χ1) is 24.4. The highest BCUT2D eigenvalue weighted by atomic mass is 28.4. The Balaban J connectivity index is 4.40. The van der Waals surface area contributed by atoms with Crippen molar-refractivity contribution >= 4 is 26.8 Å². The number of hydrogen-bond acceptors (Lipinski definition) is 6. The van der Waals surface area contributed by atoms with Crippen molar-refractivity contribution in [2.75, 3.05) is 47.5 Å². The van der Waals surface area contributed by atoms with Crippen molar-refractivity contribution in [3.63, 3.8) is 0 Å². The molecule has 0 rings (SSSR count). The molecular weight excluding hydrogens is 651 g/mol. The van der Waals surface area contributed by atoms with Crippen LogP contribution in [0.2, 0.25) is 6.04 Å². The number of urea groups is 2. The fourth-order valence-electron chi connectivity index (χ4n) is 6.04. The molecule has 0 heterocycles. The number of nitrogens with one attached hydrogen (secondary N) is 5. The minimum atomic E-state index is -2.71. The molecule has 12 heteroatoms. The van der Waals surface area contributed by atoms with Crippen LogP contribution in [-0.4, -0.2) is 80.3 Å². The van der Waals surface area contributed by atoms with E-state index < -0.39 is 14.8 Å². The fraction of sp³-hybridized carbons (Fsp3) is 0.921. The van der Waals surface area contributed by atoms with Gasteiger partial charge in [-0.2, -0.15) is 0 Å². The highest BCUT2D eigenvalue weighted by molar-refractivity contribution is 6.60. The van der Waals surface area contributed by atoms with E-state index >= 15 is 0 Å². The summed E-state index contributed by atoms with van der Waals surface area (Å²) >= 11 is 0. The first kappa shape index (κ1) is 48.1. The summed E-state index contributed by atoms with van der Waals surface area (Å²) in [5, 5.41) is 14.6. The van der Waals surface area contributed by atoms with Gasteiger partial charge in [-0.15, -0.1) is 0 Å². The highest BCUT2D eigenvalue weighted by Gasteiger charge is 2.37. The second-order valence-corrected chi connectivity index (χ2v) is 16.8. The van der Waals surface area contributed by atoms with Crippen LogP contribution in [0.1, 0.15) is 168 Å². The van der Waals surface area contributed by atoms with Crippen LogP contribution in [0.25, 0.3) is 0 Å². The molecule has 0 saturated heterocycles. The number of unbranched alkanes of at least 4 members (excludes halogenated alkanes) is 19. The molecule has 0 bridgehead atoms. The van der Waals surface area contributed by atoms with Crippen LogP contribution in [0.3, 0.4) is 0 Å². The van der Waals surface area contributed by atoms with Gasteiger partial charge in [0.2, 0.25) is 5.91 Å². The Morgan fingerprint density at radius 1 is 0.460 bits per heavy atom.